The highest BCUT2D eigenvalue weighted by Crippen LogP contribution is 2.35. The van der Waals surface area contributed by atoms with E-state index in [0.29, 0.717) is 17.1 Å². The van der Waals surface area contributed by atoms with Crippen LogP contribution in [0.3, 0.4) is 0 Å². The zero-order valence-electron chi connectivity index (χ0n) is 19.1. The van der Waals surface area contributed by atoms with Crippen molar-refractivity contribution in [2.24, 2.45) is 5.92 Å². The largest absolute Gasteiger partial charge is 0.493 e. The lowest BCUT2D eigenvalue weighted by Gasteiger charge is -2.17. The number of Topliss-reactive ketones (excluding diaryl/α,β-unsaturated/α-hetero) is 1. The van der Waals surface area contributed by atoms with Crippen molar-refractivity contribution in [1.29, 1.82) is 0 Å². The monoisotopic (exact) mass is 451 g/mol. The maximum Gasteiger partial charge on any atom is 0.340 e. The minimum Gasteiger partial charge on any atom is -0.493 e. The van der Waals surface area contributed by atoms with Crippen molar-refractivity contribution in [2.45, 2.75) is 44.9 Å². The van der Waals surface area contributed by atoms with E-state index in [1.54, 1.807) is 12.1 Å². The molecule has 1 N–H and O–H groups in total. The summed E-state index contributed by atoms with van der Waals surface area (Å²) in [5.41, 5.74) is 3.38. The first-order valence-corrected chi connectivity index (χ1v) is 11.4. The van der Waals surface area contributed by atoms with E-state index < -0.39 is 5.97 Å². The molecule has 2 aliphatic rings. The van der Waals surface area contributed by atoms with E-state index in [-0.39, 0.29) is 35.5 Å². The lowest BCUT2D eigenvalue weighted by molar-refractivity contribution is -0.119. The van der Waals surface area contributed by atoms with Gasteiger partial charge in [-0.05, 0) is 49.3 Å². The summed E-state index contributed by atoms with van der Waals surface area (Å²) < 4.78 is 16.0. The Kier molecular flexibility index (Phi) is 6.96. The topological polar surface area (TPSA) is 90.9 Å². The number of carbonyl (C=O) groups is 3. The van der Waals surface area contributed by atoms with Crippen molar-refractivity contribution in [3.8, 4) is 11.5 Å². The molecule has 0 saturated heterocycles. The van der Waals surface area contributed by atoms with Crippen molar-refractivity contribution >= 4 is 23.3 Å². The average Bonchev–Trinajstić information content (AvgIpc) is 3.53. The smallest absolute Gasteiger partial charge is 0.340 e. The highest BCUT2D eigenvalue weighted by Gasteiger charge is 2.26. The number of fused-ring (bicyclic) bond motifs is 1. The van der Waals surface area contributed by atoms with Crippen LogP contribution in [0, 0.1) is 5.92 Å². The third-order valence-electron chi connectivity index (χ3n) is 6.48. The molecule has 1 fully saturated rings. The van der Waals surface area contributed by atoms with Crippen LogP contribution in [0.1, 0.15) is 63.9 Å². The number of ketones is 1. The number of anilines is 1. The van der Waals surface area contributed by atoms with Gasteiger partial charge in [0, 0.05) is 23.6 Å². The van der Waals surface area contributed by atoms with E-state index in [1.807, 2.05) is 12.1 Å². The van der Waals surface area contributed by atoms with Crippen LogP contribution in [0.5, 0.6) is 11.5 Å². The highest BCUT2D eigenvalue weighted by molar-refractivity contribution is 6.04. The van der Waals surface area contributed by atoms with Crippen LogP contribution in [0.2, 0.25) is 0 Å². The molecule has 0 radical (unpaired) electrons. The summed E-state index contributed by atoms with van der Waals surface area (Å²) in [5.74, 6) is -0.494. The van der Waals surface area contributed by atoms with Crippen LogP contribution in [-0.2, 0) is 22.4 Å². The molecule has 2 aromatic carbocycles. The zero-order chi connectivity index (χ0) is 23.4. The Hall–Kier alpha value is -3.35. The van der Waals surface area contributed by atoms with Gasteiger partial charge in [-0.15, -0.1) is 0 Å². The van der Waals surface area contributed by atoms with Crippen LogP contribution >= 0.6 is 0 Å². The Morgan fingerprint density at radius 2 is 1.61 bits per heavy atom. The molecular formula is C26H29NO6. The van der Waals surface area contributed by atoms with E-state index in [4.69, 9.17) is 14.2 Å². The zero-order valence-corrected chi connectivity index (χ0v) is 19.1. The number of aryl methyl sites for hydroxylation is 2. The normalized spacial score (nSPS) is 15.1. The summed E-state index contributed by atoms with van der Waals surface area (Å²) in [5, 5.41) is 2.85. The Morgan fingerprint density at radius 3 is 2.33 bits per heavy atom. The van der Waals surface area contributed by atoms with Gasteiger partial charge in [0.15, 0.2) is 23.9 Å². The number of carbonyl (C=O) groups excluding carboxylic acids is 3. The number of nitrogens with one attached hydrogen (secondary N) is 1. The maximum absolute atomic E-state index is 12.9. The predicted molar refractivity (Wildman–Crippen MR) is 123 cm³/mol. The average molecular weight is 452 g/mol. The van der Waals surface area contributed by atoms with E-state index in [1.165, 1.54) is 31.4 Å². The Labute approximate surface area is 193 Å². The lowest BCUT2D eigenvalue weighted by Crippen LogP contribution is -2.23. The molecule has 0 unspecified atom stereocenters. The standard InChI is InChI=1S/C26H29NO6/c1-31-23-13-20(21(14-24(23)32-2)27-25(29)17-6-3-4-7-17)26(30)33-15-22(28)19-11-10-16-8-5-9-18(16)12-19/h10-14,17H,3-9,15H2,1-2H3,(H,27,29). The molecule has 0 bridgehead atoms. The molecule has 4 rings (SSSR count). The number of rotatable bonds is 8. The Morgan fingerprint density at radius 1 is 0.909 bits per heavy atom. The van der Waals surface area contributed by atoms with E-state index >= 15 is 0 Å². The van der Waals surface area contributed by atoms with Gasteiger partial charge >= 0.3 is 5.97 Å². The fourth-order valence-corrected chi connectivity index (χ4v) is 4.61. The van der Waals surface area contributed by atoms with Crippen molar-refractivity contribution in [2.75, 3.05) is 26.1 Å². The molecule has 2 aromatic rings. The van der Waals surface area contributed by atoms with Gasteiger partial charge < -0.3 is 19.5 Å². The number of methoxy groups -OCH3 is 2. The number of benzene rings is 2. The number of amides is 1. The van der Waals surface area contributed by atoms with Gasteiger partial charge in [-0.25, -0.2) is 4.79 Å². The second kappa shape index (κ2) is 10.1. The Balaban J connectivity index is 1.51. The first-order chi connectivity index (χ1) is 16.0. The number of ether oxygens (including phenoxy) is 3. The molecule has 174 valence electrons. The minimum atomic E-state index is -0.716. The van der Waals surface area contributed by atoms with Gasteiger partial charge in [-0.1, -0.05) is 25.0 Å². The van der Waals surface area contributed by atoms with Crippen LogP contribution in [0.25, 0.3) is 0 Å². The van der Waals surface area contributed by atoms with Gasteiger partial charge in [0.05, 0.1) is 25.5 Å². The maximum atomic E-state index is 12.9. The molecule has 1 saturated carbocycles. The van der Waals surface area contributed by atoms with Gasteiger partial charge in [-0.2, -0.15) is 0 Å². The summed E-state index contributed by atoms with van der Waals surface area (Å²) in [4.78, 5) is 38.3. The van der Waals surface area contributed by atoms with Crippen LogP contribution in [-0.4, -0.2) is 38.5 Å². The molecule has 0 atom stereocenters. The fourth-order valence-electron chi connectivity index (χ4n) is 4.61. The molecule has 0 aliphatic heterocycles. The summed E-state index contributed by atoms with van der Waals surface area (Å²) >= 11 is 0. The van der Waals surface area contributed by atoms with Crippen molar-refractivity contribution in [3.05, 3.63) is 52.6 Å². The predicted octanol–water partition coefficient (Wildman–Crippen LogP) is 4.36. The third-order valence-corrected chi connectivity index (χ3v) is 6.48. The fraction of sp³-hybridized carbons (Fsp3) is 0.423. The summed E-state index contributed by atoms with van der Waals surface area (Å²) in [7, 11) is 2.94. The first-order valence-electron chi connectivity index (χ1n) is 11.4. The summed E-state index contributed by atoms with van der Waals surface area (Å²) in [6.07, 6.45) is 6.78. The molecule has 0 heterocycles. The highest BCUT2D eigenvalue weighted by atomic mass is 16.5. The van der Waals surface area contributed by atoms with Gasteiger partial charge in [0.2, 0.25) is 5.91 Å². The second-order valence-corrected chi connectivity index (χ2v) is 8.56. The van der Waals surface area contributed by atoms with E-state index in [9.17, 15) is 14.4 Å². The van der Waals surface area contributed by atoms with Crippen molar-refractivity contribution in [3.63, 3.8) is 0 Å². The minimum absolute atomic E-state index is 0.0802. The van der Waals surface area contributed by atoms with Crippen molar-refractivity contribution in [1.82, 2.24) is 0 Å². The van der Waals surface area contributed by atoms with Crippen molar-refractivity contribution < 1.29 is 28.6 Å². The third kappa shape index (κ3) is 5.02. The van der Waals surface area contributed by atoms with Crippen LogP contribution in [0.4, 0.5) is 5.69 Å². The van der Waals surface area contributed by atoms with E-state index in [2.05, 4.69) is 5.32 Å². The number of hydrogen-bond donors (Lipinski definition) is 1. The van der Waals surface area contributed by atoms with Gasteiger partial charge in [-0.3, -0.25) is 9.59 Å². The Bertz CT molecular complexity index is 1070. The molecule has 7 nitrogen and oxygen atoms in total. The molecular weight excluding hydrogens is 422 g/mol. The van der Waals surface area contributed by atoms with Gasteiger partial charge in [0.25, 0.3) is 0 Å². The number of hydrogen-bond acceptors (Lipinski definition) is 6. The summed E-state index contributed by atoms with van der Waals surface area (Å²) in [6.45, 7) is -0.387. The molecule has 2 aliphatic carbocycles. The van der Waals surface area contributed by atoms with Crippen LogP contribution in [0.15, 0.2) is 30.3 Å². The van der Waals surface area contributed by atoms with Gasteiger partial charge in [0.1, 0.15) is 0 Å². The molecule has 1 amide bonds. The second-order valence-electron chi connectivity index (χ2n) is 8.56. The molecule has 33 heavy (non-hydrogen) atoms. The summed E-state index contributed by atoms with van der Waals surface area (Å²) in [6, 6.07) is 8.66. The molecule has 0 spiro atoms. The first kappa shape index (κ1) is 22.8. The van der Waals surface area contributed by atoms with E-state index in [0.717, 1.165) is 44.9 Å². The quantitative estimate of drug-likeness (QED) is 0.474. The SMILES string of the molecule is COc1cc(NC(=O)C2CCCC2)c(C(=O)OCC(=O)c2ccc3c(c2)CCC3)cc1OC. The molecule has 0 aromatic heterocycles. The number of esters is 1. The lowest BCUT2D eigenvalue weighted by atomic mass is 10.0. The van der Waals surface area contributed by atoms with Crippen LogP contribution < -0.4 is 14.8 Å². The molecule has 7 heteroatoms.